The molecule has 26 heavy (non-hydrogen) atoms. The quantitative estimate of drug-likeness (QED) is 0.816. The number of hydrogen-bond acceptors (Lipinski definition) is 5. The van der Waals surface area contributed by atoms with Gasteiger partial charge in [-0.25, -0.2) is 8.42 Å². The van der Waals surface area contributed by atoms with Crippen LogP contribution >= 0.6 is 0 Å². The van der Waals surface area contributed by atoms with E-state index in [2.05, 4.69) is 10.3 Å². The number of sulfonamides is 1. The normalized spacial score (nSPS) is 15.5. The number of hydrogen-bond donors (Lipinski definition) is 1. The van der Waals surface area contributed by atoms with E-state index in [4.69, 9.17) is 4.74 Å². The minimum atomic E-state index is -3.47. The zero-order valence-electron chi connectivity index (χ0n) is 14.3. The van der Waals surface area contributed by atoms with Gasteiger partial charge in [0, 0.05) is 25.8 Å². The summed E-state index contributed by atoms with van der Waals surface area (Å²) in [5.41, 5.74) is 1.33. The Hall–Kier alpha value is -2.29. The number of rotatable bonds is 6. The van der Waals surface area contributed by atoms with Crippen molar-refractivity contribution >= 4 is 15.9 Å². The van der Waals surface area contributed by atoms with Gasteiger partial charge in [-0.1, -0.05) is 18.2 Å². The predicted molar refractivity (Wildman–Crippen MR) is 96.3 cm³/mol. The van der Waals surface area contributed by atoms with Crippen LogP contribution in [-0.2, 0) is 21.2 Å². The van der Waals surface area contributed by atoms with Crippen LogP contribution in [0.1, 0.15) is 16.1 Å². The van der Waals surface area contributed by atoms with Crippen molar-refractivity contribution in [3.8, 4) is 0 Å². The van der Waals surface area contributed by atoms with Gasteiger partial charge in [-0.05, 0) is 36.2 Å². The molecule has 138 valence electrons. The summed E-state index contributed by atoms with van der Waals surface area (Å²) in [5, 5.41) is 2.80. The number of nitrogens with zero attached hydrogens (tertiary/aromatic N) is 2. The molecule has 0 radical (unpaired) electrons. The number of aromatic nitrogens is 1. The molecule has 1 aliphatic heterocycles. The molecule has 3 rings (SSSR count). The zero-order chi connectivity index (χ0) is 18.4. The minimum Gasteiger partial charge on any atom is -0.379 e. The summed E-state index contributed by atoms with van der Waals surface area (Å²) in [6, 6.07) is 11.9. The summed E-state index contributed by atoms with van der Waals surface area (Å²) < 4.78 is 31.8. The SMILES string of the molecule is O=C(NCCc1ccc(S(=O)(=O)N2CCOCC2)cc1)c1ccccn1. The first-order chi connectivity index (χ1) is 12.6. The molecule has 1 aromatic heterocycles. The second-order valence-corrected chi connectivity index (χ2v) is 7.82. The Labute approximate surface area is 153 Å². The molecule has 0 atom stereocenters. The van der Waals surface area contributed by atoms with Gasteiger partial charge in [0.25, 0.3) is 5.91 Å². The molecule has 2 aromatic rings. The van der Waals surface area contributed by atoms with Gasteiger partial charge in [-0.3, -0.25) is 9.78 Å². The van der Waals surface area contributed by atoms with Crippen molar-refractivity contribution < 1.29 is 17.9 Å². The van der Waals surface area contributed by atoms with Crippen molar-refractivity contribution in [2.24, 2.45) is 0 Å². The van der Waals surface area contributed by atoms with E-state index in [1.165, 1.54) is 4.31 Å². The lowest BCUT2D eigenvalue weighted by molar-refractivity contribution is 0.0730. The maximum atomic E-state index is 12.6. The topological polar surface area (TPSA) is 88.6 Å². The van der Waals surface area contributed by atoms with Crippen LogP contribution < -0.4 is 5.32 Å². The highest BCUT2D eigenvalue weighted by Gasteiger charge is 2.25. The maximum Gasteiger partial charge on any atom is 0.269 e. The third kappa shape index (κ3) is 4.46. The Bertz CT molecular complexity index is 832. The number of nitrogens with one attached hydrogen (secondary N) is 1. The van der Waals surface area contributed by atoms with Crippen LogP contribution in [0.2, 0.25) is 0 Å². The highest BCUT2D eigenvalue weighted by Crippen LogP contribution is 2.17. The Morgan fingerprint density at radius 2 is 1.85 bits per heavy atom. The van der Waals surface area contributed by atoms with E-state index >= 15 is 0 Å². The molecule has 0 bridgehead atoms. The van der Waals surface area contributed by atoms with E-state index in [0.29, 0.717) is 45.0 Å². The van der Waals surface area contributed by atoms with Crippen molar-refractivity contribution in [3.05, 3.63) is 59.9 Å². The number of carbonyl (C=O) groups excluding carboxylic acids is 1. The van der Waals surface area contributed by atoms with Gasteiger partial charge in [-0.2, -0.15) is 4.31 Å². The van der Waals surface area contributed by atoms with Crippen LogP contribution in [0, 0.1) is 0 Å². The molecule has 7 nitrogen and oxygen atoms in total. The van der Waals surface area contributed by atoms with Gasteiger partial charge in [0.2, 0.25) is 10.0 Å². The number of morpholine rings is 1. The number of benzene rings is 1. The Kier molecular flexibility index (Phi) is 5.97. The van der Waals surface area contributed by atoms with Gasteiger partial charge in [0.05, 0.1) is 18.1 Å². The second kappa shape index (κ2) is 8.39. The number of pyridine rings is 1. The molecule has 8 heteroatoms. The molecule has 1 N–H and O–H groups in total. The van der Waals surface area contributed by atoms with E-state index in [1.807, 2.05) is 0 Å². The maximum absolute atomic E-state index is 12.6. The van der Waals surface area contributed by atoms with Crippen LogP contribution in [0.3, 0.4) is 0 Å². The van der Waals surface area contributed by atoms with E-state index in [1.54, 1.807) is 48.7 Å². The van der Waals surface area contributed by atoms with Crippen molar-refractivity contribution in [1.29, 1.82) is 0 Å². The fraction of sp³-hybridized carbons (Fsp3) is 0.333. The summed E-state index contributed by atoms with van der Waals surface area (Å²) in [4.78, 5) is 16.2. The van der Waals surface area contributed by atoms with Crippen molar-refractivity contribution in [2.45, 2.75) is 11.3 Å². The largest absolute Gasteiger partial charge is 0.379 e. The van der Waals surface area contributed by atoms with E-state index in [-0.39, 0.29) is 10.8 Å². The molecular weight excluding hydrogens is 354 g/mol. The lowest BCUT2D eigenvalue weighted by Gasteiger charge is -2.26. The van der Waals surface area contributed by atoms with Crippen molar-refractivity contribution in [1.82, 2.24) is 14.6 Å². The van der Waals surface area contributed by atoms with Crippen LogP contribution in [0.25, 0.3) is 0 Å². The third-order valence-electron chi connectivity index (χ3n) is 4.13. The average Bonchev–Trinajstić information content (AvgIpc) is 2.69. The van der Waals surface area contributed by atoms with E-state index < -0.39 is 10.0 Å². The number of amides is 1. The minimum absolute atomic E-state index is 0.225. The van der Waals surface area contributed by atoms with Gasteiger partial charge < -0.3 is 10.1 Å². The zero-order valence-corrected chi connectivity index (χ0v) is 15.1. The average molecular weight is 375 g/mol. The second-order valence-electron chi connectivity index (χ2n) is 5.88. The van der Waals surface area contributed by atoms with Crippen molar-refractivity contribution in [2.75, 3.05) is 32.8 Å². The third-order valence-corrected chi connectivity index (χ3v) is 6.04. The smallest absolute Gasteiger partial charge is 0.269 e. The lowest BCUT2D eigenvalue weighted by Crippen LogP contribution is -2.40. The molecule has 1 aliphatic rings. The highest BCUT2D eigenvalue weighted by molar-refractivity contribution is 7.89. The van der Waals surface area contributed by atoms with Crippen LogP contribution in [0.4, 0.5) is 0 Å². The van der Waals surface area contributed by atoms with Crippen molar-refractivity contribution in [3.63, 3.8) is 0 Å². The Balaban J connectivity index is 1.55. The first kappa shape index (κ1) is 18.5. The van der Waals surface area contributed by atoms with Gasteiger partial charge in [-0.15, -0.1) is 0 Å². The summed E-state index contributed by atoms with van der Waals surface area (Å²) >= 11 is 0. The summed E-state index contributed by atoms with van der Waals surface area (Å²) in [7, 11) is -3.47. The lowest BCUT2D eigenvalue weighted by atomic mass is 10.1. The number of carbonyl (C=O) groups is 1. The van der Waals surface area contributed by atoms with Crippen LogP contribution in [0.5, 0.6) is 0 Å². The first-order valence-corrected chi connectivity index (χ1v) is 9.87. The summed E-state index contributed by atoms with van der Waals surface area (Å²) in [6.45, 7) is 2.05. The standard InChI is InChI=1S/C18H21N3O4S/c22-18(17-3-1-2-9-19-17)20-10-8-15-4-6-16(7-5-15)26(23,24)21-11-13-25-14-12-21/h1-7,9H,8,10-14H2,(H,20,22). The monoisotopic (exact) mass is 375 g/mol. The molecule has 1 fully saturated rings. The molecular formula is C18H21N3O4S. The molecule has 1 saturated heterocycles. The predicted octanol–water partition coefficient (Wildman–Crippen LogP) is 1.08. The van der Waals surface area contributed by atoms with Crippen LogP contribution in [-0.4, -0.2) is 56.5 Å². The first-order valence-electron chi connectivity index (χ1n) is 8.43. The fourth-order valence-electron chi connectivity index (χ4n) is 2.67. The molecule has 2 heterocycles. The molecule has 0 aliphatic carbocycles. The van der Waals surface area contributed by atoms with Gasteiger partial charge >= 0.3 is 0 Å². The van der Waals surface area contributed by atoms with Crippen LogP contribution in [0.15, 0.2) is 53.6 Å². The molecule has 1 amide bonds. The number of ether oxygens (including phenoxy) is 1. The summed E-state index contributed by atoms with van der Waals surface area (Å²) in [5.74, 6) is -0.225. The Morgan fingerprint density at radius 3 is 2.50 bits per heavy atom. The molecule has 0 spiro atoms. The van der Waals surface area contributed by atoms with Gasteiger partial charge in [0.1, 0.15) is 5.69 Å². The highest BCUT2D eigenvalue weighted by atomic mass is 32.2. The molecule has 0 saturated carbocycles. The molecule has 1 aromatic carbocycles. The Morgan fingerprint density at radius 1 is 1.12 bits per heavy atom. The molecule has 0 unspecified atom stereocenters. The fourth-order valence-corrected chi connectivity index (χ4v) is 4.08. The van der Waals surface area contributed by atoms with Gasteiger partial charge in [0.15, 0.2) is 0 Å². The summed E-state index contributed by atoms with van der Waals surface area (Å²) in [6.07, 6.45) is 2.18. The van der Waals surface area contributed by atoms with E-state index in [9.17, 15) is 13.2 Å². The van der Waals surface area contributed by atoms with E-state index in [0.717, 1.165) is 5.56 Å².